The Morgan fingerprint density at radius 2 is 2.24 bits per heavy atom. The maximum Gasteiger partial charge on any atom is 0.319 e. The van der Waals surface area contributed by atoms with E-state index in [1.54, 1.807) is 0 Å². The molecule has 0 saturated carbocycles. The zero-order valence-electron chi connectivity index (χ0n) is 10.1. The van der Waals surface area contributed by atoms with Gasteiger partial charge >= 0.3 is 6.03 Å². The van der Waals surface area contributed by atoms with Crippen molar-refractivity contribution >= 4 is 22.6 Å². The number of hydrogen-bond donors (Lipinski definition) is 3. The lowest BCUT2D eigenvalue weighted by atomic mass is 10.2. The van der Waals surface area contributed by atoms with E-state index in [0.29, 0.717) is 6.54 Å². The average Bonchev–Trinajstić information content (AvgIpc) is 2.68. The number of H-pyrrole nitrogens is 1. The molecule has 2 amide bonds. The molecule has 17 heavy (non-hydrogen) atoms. The fourth-order valence-corrected chi connectivity index (χ4v) is 1.81. The maximum absolute atomic E-state index is 11.6. The number of carbonyl (C=O) groups excluding carboxylic acids is 1. The van der Waals surface area contributed by atoms with E-state index < -0.39 is 0 Å². The summed E-state index contributed by atoms with van der Waals surface area (Å²) in [6.07, 6.45) is 0.931. The number of aryl methyl sites for hydroxylation is 1. The first-order valence-corrected chi connectivity index (χ1v) is 5.84. The number of benzene rings is 1. The zero-order chi connectivity index (χ0) is 12.3. The van der Waals surface area contributed by atoms with Crippen LogP contribution in [0.2, 0.25) is 0 Å². The van der Waals surface area contributed by atoms with Gasteiger partial charge in [-0.15, -0.1) is 0 Å². The number of fused-ring (bicyclic) bond motifs is 1. The predicted molar refractivity (Wildman–Crippen MR) is 70.3 cm³/mol. The summed E-state index contributed by atoms with van der Waals surface area (Å²) in [5, 5.41) is 6.69. The molecule has 0 fully saturated rings. The first-order chi connectivity index (χ1) is 8.20. The van der Waals surface area contributed by atoms with Crippen LogP contribution in [0.3, 0.4) is 0 Å². The molecular formula is C13H17N3O. The number of anilines is 1. The molecule has 2 rings (SSSR count). The molecule has 0 unspecified atom stereocenters. The van der Waals surface area contributed by atoms with Gasteiger partial charge in [-0.1, -0.05) is 13.0 Å². The molecule has 4 heteroatoms. The molecule has 3 N–H and O–H groups in total. The van der Waals surface area contributed by atoms with E-state index in [1.807, 2.05) is 38.1 Å². The van der Waals surface area contributed by atoms with E-state index in [9.17, 15) is 4.79 Å². The second kappa shape index (κ2) is 4.91. The third-order valence-electron chi connectivity index (χ3n) is 2.58. The van der Waals surface area contributed by atoms with Crippen molar-refractivity contribution in [1.82, 2.24) is 10.3 Å². The van der Waals surface area contributed by atoms with Crippen molar-refractivity contribution in [3.8, 4) is 0 Å². The molecule has 0 bridgehead atoms. The number of aromatic nitrogens is 1. The monoisotopic (exact) mass is 231 g/mol. The van der Waals surface area contributed by atoms with Gasteiger partial charge in [-0.25, -0.2) is 4.79 Å². The van der Waals surface area contributed by atoms with Gasteiger partial charge in [0.05, 0.1) is 5.69 Å². The van der Waals surface area contributed by atoms with Gasteiger partial charge in [-0.3, -0.25) is 0 Å². The number of hydrogen-bond acceptors (Lipinski definition) is 1. The quantitative estimate of drug-likeness (QED) is 0.747. The summed E-state index contributed by atoms with van der Waals surface area (Å²) in [5.41, 5.74) is 2.96. The summed E-state index contributed by atoms with van der Waals surface area (Å²) in [7, 11) is 0. The highest BCUT2D eigenvalue weighted by atomic mass is 16.2. The predicted octanol–water partition coefficient (Wildman–Crippen LogP) is 3.01. The Balaban J connectivity index is 2.20. The van der Waals surface area contributed by atoms with E-state index >= 15 is 0 Å². The first kappa shape index (κ1) is 11.5. The van der Waals surface area contributed by atoms with Crippen molar-refractivity contribution in [2.75, 3.05) is 11.9 Å². The number of aromatic amines is 1. The summed E-state index contributed by atoms with van der Waals surface area (Å²) in [6.45, 7) is 4.71. The SMILES string of the molecule is CCCNC(=O)Nc1cccc2[nH]c(C)cc12. The highest BCUT2D eigenvalue weighted by Gasteiger charge is 2.06. The van der Waals surface area contributed by atoms with Crippen LogP contribution in [-0.2, 0) is 0 Å². The van der Waals surface area contributed by atoms with Gasteiger partial charge in [0.25, 0.3) is 0 Å². The average molecular weight is 231 g/mol. The molecule has 1 aromatic heterocycles. The van der Waals surface area contributed by atoms with E-state index in [0.717, 1.165) is 28.7 Å². The lowest BCUT2D eigenvalue weighted by molar-refractivity contribution is 0.252. The molecular weight excluding hydrogens is 214 g/mol. The Hall–Kier alpha value is -1.97. The van der Waals surface area contributed by atoms with Crippen LogP contribution in [0.4, 0.5) is 10.5 Å². The molecule has 90 valence electrons. The standard InChI is InChI=1S/C13H17N3O/c1-3-7-14-13(17)16-12-6-4-5-11-10(12)8-9(2)15-11/h4-6,8,15H,3,7H2,1-2H3,(H2,14,16,17). The van der Waals surface area contributed by atoms with Gasteiger partial charge in [0.2, 0.25) is 0 Å². The number of rotatable bonds is 3. The van der Waals surface area contributed by atoms with Crippen molar-refractivity contribution in [3.63, 3.8) is 0 Å². The van der Waals surface area contributed by atoms with Crippen LogP contribution in [-0.4, -0.2) is 17.6 Å². The summed E-state index contributed by atoms with van der Waals surface area (Å²) in [5.74, 6) is 0. The maximum atomic E-state index is 11.6. The molecule has 2 aromatic rings. The lowest BCUT2D eigenvalue weighted by Crippen LogP contribution is -2.29. The zero-order valence-corrected chi connectivity index (χ0v) is 10.1. The fourth-order valence-electron chi connectivity index (χ4n) is 1.81. The van der Waals surface area contributed by atoms with E-state index in [4.69, 9.17) is 0 Å². The highest BCUT2D eigenvalue weighted by molar-refractivity contribution is 6.00. The Kier molecular flexibility index (Phi) is 3.32. The van der Waals surface area contributed by atoms with Gasteiger partial charge in [0.15, 0.2) is 0 Å². The van der Waals surface area contributed by atoms with Gasteiger partial charge < -0.3 is 15.6 Å². The van der Waals surface area contributed by atoms with E-state index in [1.165, 1.54) is 0 Å². The first-order valence-electron chi connectivity index (χ1n) is 5.84. The van der Waals surface area contributed by atoms with Crippen molar-refractivity contribution in [2.24, 2.45) is 0 Å². The summed E-state index contributed by atoms with van der Waals surface area (Å²) < 4.78 is 0. The Morgan fingerprint density at radius 3 is 3.00 bits per heavy atom. The molecule has 1 heterocycles. The fraction of sp³-hybridized carbons (Fsp3) is 0.308. The van der Waals surface area contributed by atoms with Crippen molar-refractivity contribution in [1.29, 1.82) is 0 Å². The molecule has 0 aliphatic carbocycles. The summed E-state index contributed by atoms with van der Waals surface area (Å²) in [6, 6.07) is 7.70. The second-order valence-electron chi connectivity index (χ2n) is 4.10. The van der Waals surface area contributed by atoms with Crippen LogP contribution >= 0.6 is 0 Å². The largest absolute Gasteiger partial charge is 0.359 e. The Bertz CT molecular complexity index is 530. The van der Waals surface area contributed by atoms with Gasteiger partial charge in [0, 0.05) is 23.1 Å². The topological polar surface area (TPSA) is 56.9 Å². The minimum Gasteiger partial charge on any atom is -0.359 e. The van der Waals surface area contributed by atoms with Crippen LogP contribution in [0.25, 0.3) is 10.9 Å². The van der Waals surface area contributed by atoms with Crippen LogP contribution in [0.1, 0.15) is 19.0 Å². The molecule has 0 saturated heterocycles. The van der Waals surface area contributed by atoms with Crippen molar-refractivity contribution in [3.05, 3.63) is 30.0 Å². The van der Waals surface area contributed by atoms with Gasteiger partial charge in [-0.05, 0) is 31.5 Å². The van der Waals surface area contributed by atoms with Crippen molar-refractivity contribution in [2.45, 2.75) is 20.3 Å². The van der Waals surface area contributed by atoms with E-state index in [-0.39, 0.29) is 6.03 Å². The lowest BCUT2D eigenvalue weighted by Gasteiger charge is -2.07. The van der Waals surface area contributed by atoms with Crippen LogP contribution < -0.4 is 10.6 Å². The minimum atomic E-state index is -0.154. The van der Waals surface area contributed by atoms with Gasteiger partial charge in [0.1, 0.15) is 0 Å². The van der Waals surface area contributed by atoms with Crippen LogP contribution in [0.15, 0.2) is 24.3 Å². The smallest absolute Gasteiger partial charge is 0.319 e. The summed E-state index contributed by atoms with van der Waals surface area (Å²) in [4.78, 5) is 14.8. The number of amides is 2. The van der Waals surface area contributed by atoms with Gasteiger partial charge in [-0.2, -0.15) is 0 Å². The number of urea groups is 1. The molecule has 0 radical (unpaired) electrons. The number of carbonyl (C=O) groups is 1. The Morgan fingerprint density at radius 1 is 1.41 bits per heavy atom. The van der Waals surface area contributed by atoms with E-state index in [2.05, 4.69) is 15.6 Å². The highest BCUT2D eigenvalue weighted by Crippen LogP contribution is 2.23. The third kappa shape index (κ3) is 2.58. The molecule has 0 atom stereocenters. The molecule has 0 spiro atoms. The second-order valence-corrected chi connectivity index (χ2v) is 4.10. The minimum absolute atomic E-state index is 0.154. The molecule has 0 aliphatic rings. The van der Waals surface area contributed by atoms with Crippen LogP contribution in [0.5, 0.6) is 0 Å². The third-order valence-corrected chi connectivity index (χ3v) is 2.58. The summed E-state index contributed by atoms with van der Waals surface area (Å²) >= 11 is 0. The normalized spacial score (nSPS) is 10.5. The molecule has 0 aliphatic heterocycles. The van der Waals surface area contributed by atoms with Crippen LogP contribution in [0, 0.1) is 6.92 Å². The van der Waals surface area contributed by atoms with Crippen molar-refractivity contribution < 1.29 is 4.79 Å². The molecule has 1 aromatic carbocycles. The Labute approximate surface area is 100 Å². The number of nitrogens with one attached hydrogen (secondary N) is 3. The molecule has 4 nitrogen and oxygen atoms in total.